The van der Waals surface area contributed by atoms with E-state index in [0.29, 0.717) is 36.9 Å². The average molecular weight is 369 g/mol. The van der Waals surface area contributed by atoms with Crippen LogP contribution in [0.15, 0.2) is 24.3 Å². The predicted octanol–water partition coefficient (Wildman–Crippen LogP) is 2.60. The molecule has 2 aromatic rings. The van der Waals surface area contributed by atoms with E-state index in [2.05, 4.69) is 20.8 Å². The number of aromatic nitrogens is 2. The van der Waals surface area contributed by atoms with Crippen molar-refractivity contribution in [1.29, 1.82) is 0 Å². The van der Waals surface area contributed by atoms with Crippen LogP contribution in [0.4, 0.5) is 5.69 Å². The van der Waals surface area contributed by atoms with Gasteiger partial charge in [0.2, 0.25) is 10.0 Å². The minimum Gasteiger partial charge on any atom is -0.382 e. The molecular formula is C15H17ClN4O3S. The Morgan fingerprint density at radius 3 is 2.71 bits per heavy atom. The van der Waals surface area contributed by atoms with Gasteiger partial charge in [-0.2, -0.15) is 0 Å². The molecule has 0 saturated heterocycles. The van der Waals surface area contributed by atoms with Gasteiger partial charge in [-0.15, -0.1) is 10.2 Å². The van der Waals surface area contributed by atoms with E-state index >= 15 is 0 Å². The predicted molar refractivity (Wildman–Crippen MR) is 92.8 cm³/mol. The van der Waals surface area contributed by atoms with Crippen molar-refractivity contribution >= 4 is 40.4 Å². The Balaban J connectivity index is 1.87. The Morgan fingerprint density at radius 1 is 1.25 bits per heavy atom. The summed E-state index contributed by atoms with van der Waals surface area (Å²) in [6.45, 7) is 3.62. The minimum atomic E-state index is -0.440. The van der Waals surface area contributed by atoms with E-state index in [9.17, 15) is 9.59 Å². The Hall–Kier alpha value is -2.03. The maximum absolute atomic E-state index is 12.1. The number of nitrogens with one attached hydrogen (secondary N) is 2. The molecule has 1 aromatic carbocycles. The van der Waals surface area contributed by atoms with Gasteiger partial charge in [-0.1, -0.05) is 29.0 Å². The first kappa shape index (κ1) is 18.3. The van der Waals surface area contributed by atoms with E-state index in [-0.39, 0.29) is 15.9 Å². The SMILES string of the molecule is CCOCCCNC(=O)c1nnc(C(=O)Nc2cccc(Cl)c2)s1. The van der Waals surface area contributed by atoms with E-state index in [1.54, 1.807) is 24.3 Å². The summed E-state index contributed by atoms with van der Waals surface area (Å²) in [6.07, 6.45) is 0.709. The third-order valence-corrected chi connectivity index (χ3v) is 4.01. The number of halogens is 1. The zero-order chi connectivity index (χ0) is 17.4. The molecule has 9 heteroatoms. The second-order valence-electron chi connectivity index (χ2n) is 4.68. The van der Waals surface area contributed by atoms with Gasteiger partial charge in [0.25, 0.3) is 11.8 Å². The van der Waals surface area contributed by atoms with Crippen molar-refractivity contribution < 1.29 is 14.3 Å². The van der Waals surface area contributed by atoms with Crippen molar-refractivity contribution in [3.8, 4) is 0 Å². The number of hydrogen-bond donors (Lipinski definition) is 2. The number of carbonyl (C=O) groups excluding carboxylic acids is 2. The van der Waals surface area contributed by atoms with Crippen LogP contribution in [0.2, 0.25) is 5.02 Å². The normalized spacial score (nSPS) is 10.4. The monoisotopic (exact) mass is 368 g/mol. The third kappa shape index (κ3) is 5.55. The van der Waals surface area contributed by atoms with Gasteiger partial charge in [0.1, 0.15) is 0 Å². The molecule has 0 aliphatic carbocycles. The fourth-order valence-electron chi connectivity index (χ4n) is 1.75. The summed E-state index contributed by atoms with van der Waals surface area (Å²) < 4.78 is 5.18. The molecule has 0 radical (unpaired) electrons. The first-order valence-electron chi connectivity index (χ1n) is 7.36. The Kier molecular flexibility index (Phi) is 7.10. The summed E-state index contributed by atoms with van der Waals surface area (Å²) in [4.78, 5) is 24.0. The number of carbonyl (C=O) groups is 2. The average Bonchev–Trinajstić information content (AvgIpc) is 3.05. The van der Waals surface area contributed by atoms with Crippen LogP contribution in [0.3, 0.4) is 0 Å². The number of nitrogens with zero attached hydrogens (tertiary/aromatic N) is 2. The fraction of sp³-hybridized carbons (Fsp3) is 0.333. The number of rotatable bonds is 8. The highest BCUT2D eigenvalue weighted by molar-refractivity contribution is 7.15. The maximum Gasteiger partial charge on any atom is 0.286 e. The van der Waals surface area contributed by atoms with Gasteiger partial charge < -0.3 is 15.4 Å². The molecule has 128 valence electrons. The lowest BCUT2D eigenvalue weighted by molar-refractivity contribution is 0.0942. The Bertz CT molecular complexity index is 708. The molecule has 0 fully saturated rings. The van der Waals surface area contributed by atoms with E-state index in [1.165, 1.54) is 0 Å². The van der Waals surface area contributed by atoms with Crippen LogP contribution in [0, 0.1) is 0 Å². The van der Waals surface area contributed by atoms with Crippen molar-refractivity contribution in [2.45, 2.75) is 13.3 Å². The third-order valence-electron chi connectivity index (χ3n) is 2.85. The number of ether oxygens (including phenoxy) is 1. The molecule has 0 atom stereocenters. The number of hydrogen-bond acceptors (Lipinski definition) is 6. The van der Waals surface area contributed by atoms with Crippen LogP contribution in [-0.4, -0.2) is 41.8 Å². The van der Waals surface area contributed by atoms with E-state index in [0.717, 1.165) is 11.3 Å². The van der Waals surface area contributed by atoms with E-state index in [4.69, 9.17) is 16.3 Å². The van der Waals surface area contributed by atoms with Crippen LogP contribution in [0.25, 0.3) is 0 Å². The van der Waals surface area contributed by atoms with Crippen LogP contribution >= 0.6 is 22.9 Å². The second kappa shape index (κ2) is 9.31. The van der Waals surface area contributed by atoms with Crippen molar-refractivity contribution in [2.75, 3.05) is 25.1 Å². The van der Waals surface area contributed by atoms with Crippen LogP contribution in [0.5, 0.6) is 0 Å². The molecule has 1 aromatic heterocycles. The highest BCUT2D eigenvalue weighted by Gasteiger charge is 2.17. The van der Waals surface area contributed by atoms with Crippen molar-refractivity contribution in [3.63, 3.8) is 0 Å². The summed E-state index contributed by atoms with van der Waals surface area (Å²) in [5, 5.41) is 13.6. The molecule has 1 heterocycles. The molecule has 0 aliphatic heterocycles. The molecule has 0 aliphatic rings. The molecule has 0 bridgehead atoms. The minimum absolute atomic E-state index is 0.106. The number of amides is 2. The van der Waals surface area contributed by atoms with Crippen molar-refractivity contribution in [2.24, 2.45) is 0 Å². The molecule has 2 amide bonds. The standard InChI is InChI=1S/C15H17ClN4O3S/c1-2-23-8-4-7-17-12(21)14-19-20-15(24-14)13(22)18-11-6-3-5-10(16)9-11/h3,5-6,9H,2,4,7-8H2,1H3,(H,17,21)(H,18,22). The number of anilines is 1. The van der Waals surface area contributed by atoms with Gasteiger partial charge >= 0.3 is 0 Å². The van der Waals surface area contributed by atoms with Gasteiger partial charge in [0.05, 0.1) is 0 Å². The van der Waals surface area contributed by atoms with E-state index < -0.39 is 5.91 Å². The van der Waals surface area contributed by atoms with Crippen LogP contribution in [0.1, 0.15) is 32.9 Å². The highest BCUT2D eigenvalue weighted by atomic mass is 35.5. The van der Waals surface area contributed by atoms with Gasteiger partial charge in [0, 0.05) is 30.5 Å². The quantitative estimate of drug-likeness (QED) is 0.698. The molecule has 24 heavy (non-hydrogen) atoms. The smallest absolute Gasteiger partial charge is 0.286 e. The molecule has 2 N–H and O–H groups in total. The lowest BCUT2D eigenvalue weighted by atomic mass is 10.3. The molecule has 2 rings (SSSR count). The van der Waals surface area contributed by atoms with Crippen molar-refractivity contribution in [1.82, 2.24) is 15.5 Å². The fourth-order valence-corrected chi connectivity index (χ4v) is 2.60. The van der Waals surface area contributed by atoms with Crippen LogP contribution < -0.4 is 10.6 Å². The maximum atomic E-state index is 12.1. The van der Waals surface area contributed by atoms with Gasteiger partial charge in [-0.05, 0) is 31.5 Å². The second-order valence-corrected chi connectivity index (χ2v) is 6.10. The zero-order valence-corrected chi connectivity index (χ0v) is 14.6. The van der Waals surface area contributed by atoms with Gasteiger partial charge in [0.15, 0.2) is 0 Å². The first-order chi connectivity index (χ1) is 11.6. The van der Waals surface area contributed by atoms with Gasteiger partial charge in [-0.25, -0.2) is 0 Å². The lowest BCUT2D eigenvalue weighted by Gasteiger charge is -2.03. The topological polar surface area (TPSA) is 93.2 Å². The largest absolute Gasteiger partial charge is 0.382 e. The van der Waals surface area contributed by atoms with Crippen LogP contribution in [-0.2, 0) is 4.74 Å². The summed E-state index contributed by atoms with van der Waals surface area (Å²) in [5.74, 6) is -0.795. The molecule has 0 unspecified atom stereocenters. The Labute approximate surface area is 148 Å². The Morgan fingerprint density at radius 2 is 2.00 bits per heavy atom. The lowest BCUT2D eigenvalue weighted by Crippen LogP contribution is -2.25. The summed E-state index contributed by atoms with van der Waals surface area (Å²) in [7, 11) is 0. The summed E-state index contributed by atoms with van der Waals surface area (Å²) in [5.41, 5.74) is 0.546. The number of benzene rings is 1. The molecular weight excluding hydrogens is 352 g/mol. The zero-order valence-electron chi connectivity index (χ0n) is 13.0. The molecule has 7 nitrogen and oxygen atoms in total. The molecule has 0 saturated carbocycles. The van der Waals surface area contributed by atoms with Crippen molar-refractivity contribution in [3.05, 3.63) is 39.3 Å². The summed E-state index contributed by atoms with van der Waals surface area (Å²) in [6, 6.07) is 6.75. The van der Waals surface area contributed by atoms with Gasteiger partial charge in [-0.3, -0.25) is 9.59 Å². The molecule has 0 spiro atoms. The first-order valence-corrected chi connectivity index (χ1v) is 8.56. The summed E-state index contributed by atoms with van der Waals surface area (Å²) >= 11 is 6.79. The van der Waals surface area contributed by atoms with E-state index in [1.807, 2.05) is 6.92 Å². The highest BCUT2D eigenvalue weighted by Crippen LogP contribution is 2.17.